The molecule has 0 bridgehead atoms. The second-order valence-corrected chi connectivity index (χ2v) is 4.89. The molecule has 0 saturated heterocycles. The second-order valence-electron chi connectivity index (χ2n) is 4.14. The van der Waals surface area contributed by atoms with Crippen LogP contribution in [0.15, 0.2) is 22.8 Å². The Labute approximate surface area is 115 Å². The summed E-state index contributed by atoms with van der Waals surface area (Å²) in [5.74, 6) is 1.66. The van der Waals surface area contributed by atoms with Crippen molar-refractivity contribution in [1.82, 2.24) is 9.55 Å². The van der Waals surface area contributed by atoms with Gasteiger partial charge in [-0.05, 0) is 35.0 Å². The molecule has 0 radical (unpaired) electrons. The number of aryl methyl sites for hydroxylation is 1. The van der Waals surface area contributed by atoms with Gasteiger partial charge in [0, 0.05) is 13.6 Å². The highest BCUT2D eigenvalue weighted by Gasteiger charge is 2.16. The summed E-state index contributed by atoms with van der Waals surface area (Å²) in [6, 6.07) is 6.04. The van der Waals surface area contributed by atoms with Crippen molar-refractivity contribution in [1.29, 1.82) is 0 Å². The van der Waals surface area contributed by atoms with Gasteiger partial charge in [0.2, 0.25) is 0 Å². The Morgan fingerprint density at radius 2 is 2.17 bits per heavy atom. The van der Waals surface area contributed by atoms with Gasteiger partial charge in [0.15, 0.2) is 0 Å². The highest BCUT2D eigenvalue weighted by atomic mass is 79.9. The first-order valence-electron chi connectivity index (χ1n) is 5.64. The molecule has 5 heteroatoms. The van der Waals surface area contributed by atoms with Gasteiger partial charge in [-0.2, -0.15) is 0 Å². The number of benzene rings is 1. The van der Waals surface area contributed by atoms with Crippen LogP contribution in [0.5, 0.6) is 5.75 Å². The molecular weight excluding hydrogens is 294 g/mol. The van der Waals surface area contributed by atoms with E-state index in [1.54, 1.807) is 7.11 Å². The molecule has 0 aliphatic rings. The van der Waals surface area contributed by atoms with Crippen LogP contribution in [0.25, 0.3) is 11.4 Å². The van der Waals surface area contributed by atoms with Crippen molar-refractivity contribution in [2.24, 2.45) is 12.8 Å². The van der Waals surface area contributed by atoms with Gasteiger partial charge < -0.3 is 15.0 Å². The largest absolute Gasteiger partial charge is 0.496 e. The zero-order valence-electron chi connectivity index (χ0n) is 10.7. The Bertz CT molecular complexity index is 578. The average Bonchev–Trinajstić information content (AvgIpc) is 2.66. The van der Waals surface area contributed by atoms with Crippen molar-refractivity contribution in [2.75, 3.05) is 7.11 Å². The number of methoxy groups -OCH3 is 1. The van der Waals surface area contributed by atoms with Gasteiger partial charge in [0.05, 0.1) is 18.4 Å². The van der Waals surface area contributed by atoms with E-state index in [1.165, 1.54) is 5.56 Å². The summed E-state index contributed by atoms with van der Waals surface area (Å²) >= 11 is 3.50. The first-order chi connectivity index (χ1) is 8.58. The number of hydrogen-bond donors (Lipinski definition) is 1. The maximum atomic E-state index is 5.67. The maximum Gasteiger partial charge on any atom is 0.144 e. The molecule has 1 aromatic heterocycles. The molecule has 2 N–H and O–H groups in total. The van der Waals surface area contributed by atoms with Crippen LogP contribution in [0.3, 0.4) is 0 Å². The molecule has 0 aliphatic heterocycles. The number of ether oxygens (including phenoxy) is 1. The Balaban J connectivity index is 2.64. The van der Waals surface area contributed by atoms with Crippen molar-refractivity contribution in [3.05, 3.63) is 34.1 Å². The highest BCUT2D eigenvalue weighted by Crippen LogP contribution is 2.32. The molecule has 0 fully saturated rings. The van der Waals surface area contributed by atoms with E-state index < -0.39 is 0 Å². The van der Waals surface area contributed by atoms with Crippen LogP contribution in [0, 0.1) is 6.92 Å². The Morgan fingerprint density at radius 1 is 1.44 bits per heavy atom. The molecule has 1 aromatic carbocycles. The van der Waals surface area contributed by atoms with E-state index in [4.69, 9.17) is 10.5 Å². The van der Waals surface area contributed by atoms with Crippen molar-refractivity contribution in [3.8, 4) is 17.1 Å². The summed E-state index contributed by atoms with van der Waals surface area (Å²) in [5.41, 5.74) is 8.66. The normalized spacial score (nSPS) is 10.7. The summed E-state index contributed by atoms with van der Waals surface area (Å²) in [5, 5.41) is 0. The van der Waals surface area contributed by atoms with Crippen LogP contribution in [-0.2, 0) is 13.6 Å². The number of imidazole rings is 1. The topological polar surface area (TPSA) is 53.1 Å². The predicted octanol–water partition coefficient (Wildman–Crippen LogP) is 2.63. The number of nitrogens with zero attached hydrogens (tertiary/aromatic N) is 2. The van der Waals surface area contributed by atoms with Crippen LogP contribution in [0.1, 0.15) is 11.3 Å². The van der Waals surface area contributed by atoms with Crippen LogP contribution >= 0.6 is 15.9 Å². The van der Waals surface area contributed by atoms with Gasteiger partial charge in [0.25, 0.3) is 0 Å². The quantitative estimate of drug-likeness (QED) is 0.948. The molecular formula is C13H16BrN3O. The van der Waals surface area contributed by atoms with Crippen LogP contribution in [0.2, 0.25) is 0 Å². The maximum absolute atomic E-state index is 5.67. The zero-order chi connectivity index (χ0) is 13.3. The van der Waals surface area contributed by atoms with E-state index in [0.717, 1.165) is 27.4 Å². The summed E-state index contributed by atoms with van der Waals surface area (Å²) < 4.78 is 8.27. The van der Waals surface area contributed by atoms with Crippen LogP contribution in [-0.4, -0.2) is 16.7 Å². The van der Waals surface area contributed by atoms with Gasteiger partial charge in [-0.15, -0.1) is 0 Å². The van der Waals surface area contributed by atoms with Crippen molar-refractivity contribution in [3.63, 3.8) is 0 Å². The molecule has 0 unspecified atom stereocenters. The smallest absolute Gasteiger partial charge is 0.144 e. The molecule has 0 amide bonds. The Hall–Kier alpha value is -1.33. The van der Waals surface area contributed by atoms with E-state index in [0.29, 0.717) is 6.54 Å². The number of hydrogen-bond acceptors (Lipinski definition) is 3. The lowest BCUT2D eigenvalue weighted by Gasteiger charge is -2.09. The van der Waals surface area contributed by atoms with Crippen LogP contribution < -0.4 is 10.5 Å². The van der Waals surface area contributed by atoms with Crippen LogP contribution in [0.4, 0.5) is 0 Å². The highest BCUT2D eigenvalue weighted by molar-refractivity contribution is 9.10. The molecule has 0 atom stereocenters. The minimum atomic E-state index is 0.405. The fourth-order valence-corrected chi connectivity index (χ4v) is 2.32. The minimum Gasteiger partial charge on any atom is -0.496 e. The molecule has 96 valence electrons. The lowest BCUT2D eigenvalue weighted by Crippen LogP contribution is -1.97. The van der Waals surface area contributed by atoms with E-state index >= 15 is 0 Å². The SMILES string of the molecule is COc1ccc(C)cc1-c1nc(CN)c(Br)n1C. The number of rotatable bonds is 3. The monoisotopic (exact) mass is 309 g/mol. The fourth-order valence-electron chi connectivity index (χ4n) is 1.90. The molecule has 2 aromatic rings. The second kappa shape index (κ2) is 5.12. The van der Waals surface area contributed by atoms with Gasteiger partial charge in [-0.25, -0.2) is 4.98 Å². The van der Waals surface area contributed by atoms with E-state index in [-0.39, 0.29) is 0 Å². The molecule has 18 heavy (non-hydrogen) atoms. The summed E-state index contributed by atoms with van der Waals surface area (Å²) in [7, 11) is 3.61. The number of nitrogens with two attached hydrogens (primary N) is 1. The van der Waals surface area contributed by atoms with Crippen molar-refractivity contribution < 1.29 is 4.74 Å². The first-order valence-corrected chi connectivity index (χ1v) is 6.44. The predicted molar refractivity (Wildman–Crippen MR) is 75.5 cm³/mol. The van der Waals surface area contributed by atoms with E-state index in [2.05, 4.69) is 27.0 Å². The van der Waals surface area contributed by atoms with Gasteiger partial charge >= 0.3 is 0 Å². The molecule has 0 saturated carbocycles. The van der Waals surface area contributed by atoms with Crippen molar-refractivity contribution >= 4 is 15.9 Å². The fraction of sp³-hybridized carbons (Fsp3) is 0.308. The van der Waals surface area contributed by atoms with Crippen molar-refractivity contribution in [2.45, 2.75) is 13.5 Å². The van der Waals surface area contributed by atoms with E-state index in [1.807, 2.05) is 30.7 Å². The van der Waals surface area contributed by atoms with Gasteiger partial charge in [-0.3, -0.25) is 0 Å². The standard InChI is InChI=1S/C13H16BrN3O/c1-8-4-5-11(18-3)9(6-8)13-16-10(7-15)12(14)17(13)2/h4-6H,7,15H2,1-3H3. The molecule has 1 heterocycles. The summed E-state index contributed by atoms with van der Waals surface area (Å²) in [6.45, 7) is 2.45. The average molecular weight is 310 g/mol. The van der Waals surface area contributed by atoms with E-state index in [9.17, 15) is 0 Å². The first kappa shape index (κ1) is 13.1. The minimum absolute atomic E-state index is 0.405. The number of halogens is 1. The summed E-state index contributed by atoms with van der Waals surface area (Å²) in [4.78, 5) is 4.56. The van der Waals surface area contributed by atoms with Gasteiger partial charge in [0.1, 0.15) is 16.2 Å². The molecule has 0 spiro atoms. The number of aromatic nitrogens is 2. The molecule has 0 aliphatic carbocycles. The molecule has 4 nitrogen and oxygen atoms in total. The molecule has 2 rings (SSSR count). The third kappa shape index (κ3) is 2.15. The lowest BCUT2D eigenvalue weighted by molar-refractivity contribution is 0.416. The third-order valence-electron chi connectivity index (χ3n) is 2.88. The van der Waals surface area contributed by atoms with Gasteiger partial charge in [-0.1, -0.05) is 11.6 Å². The lowest BCUT2D eigenvalue weighted by atomic mass is 10.1. The summed E-state index contributed by atoms with van der Waals surface area (Å²) in [6.07, 6.45) is 0. The third-order valence-corrected chi connectivity index (χ3v) is 3.87. The zero-order valence-corrected chi connectivity index (χ0v) is 12.3. The Morgan fingerprint density at radius 3 is 2.72 bits per heavy atom. The Kier molecular flexibility index (Phi) is 3.73.